The summed E-state index contributed by atoms with van der Waals surface area (Å²) < 4.78 is 0. The van der Waals surface area contributed by atoms with Crippen molar-refractivity contribution in [3.8, 4) is 0 Å². The zero-order valence-electron chi connectivity index (χ0n) is 11.0. The van der Waals surface area contributed by atoms with Gasteiger partial charge in [-0.05, 0) is 38.5 Å². The molecule has 0 aliphatic rings. The molecule has 0 unspecified atom stereocenters. The molecule has 0 radical (unpaired) electrons. The SMILES string of the molecule is Cc1csc(NC(=O)C(C)(C)c2ccc(Cl)cc2)n1. The number of halogens is 1. The third kappa shape index (κ3) is 3.14. The number of thiazole rings is 1. The summed E-state index contributed by atoms with van der Waals surface area (Å²) in [6.45, 7) is 5.66. The van der Waals surface area contributed by atoms with E-state index in [1.807, 2.05) is 38.3 Å². The fourth-order valence-electron chi connectivity index (χ4n) is 1.66. The van der Waals surface area contributed by atoms with Gasteiger partial charge in [-0.3, -0.25) is 4.79 Å². The number of anilines is 1. The van der Waals surface area contributed by atoms with E-state index in [-0.39, 0.29) is 5.91 Å². The zero-order valence-corrected chi connectivity index (χ0v) is 12.6. The lowest BCUT2D eigenvalue weighted by Crippen LogP contribution is -2.34. The van der Waals surface area contributed by atoms with E-state index < -0.39 is 5.41 Å². The number of nitrogens with zero attached hydrogens (tertiary/aromatic N) is 1. The number of amides is 1. The molecule has 100 valence electrons. The van der Waals surface area contributed by atoms with Gasteiger partial charge >= 0.3 is 0 Å². The second kappa shape index (κ2) is 5.31. The molecule has 0 saturated carbocycles. The number of aryl methyl sites for hydroxylation is 1. The van der Waals surface area contributed by atoms with Gasteiger partial charge in [-0.15, -0.1) is 11.3 Å². The van der Waals surface area contributed by atoms with Gasteiger partial charge in [0, 0.05) is 10.4 Å². The van der Waals surface area contributed by atoms with E-state index >= 15 is 0 Å². The molecule has 1 N–H and O–H groups in total. The van der Waals surface area contributed by atoms with Crippen LogP contribution < -0.4 is 5.32 Å². The Labute approximate surface area is 121 Å². The normalized spacial score (nSPS) is 11.4. The third-order valence-electron chi connectivity index (χ3n) is 2.97. The van der Waals surface area contributed by atoms with E-state index in [1.54, 1.807) is 12.1 Å². The summed E-state index contributed by atoms with van der Waals surface area (Å²) >= 11 is 7.29. The average molecular weight is 295 g/mol. The molecule has 2 rings (SSSR count). The summed E-state index contributed by atoms with van der Waals surface area (Å²) in [7, 11) is 0. The molecule has 0 aliphatic heterocycles. The minimum absolute atomic E-state index is 0.0795. The van der Waals surface area contributed by atoms with Crippen molar-refractivity contribution in [2.75, 3.05) is 5.32 Å². The molecule has 0 spiro atoms. The number of aromatic nitrogens is 1. The summed E-state index contributed by atoms with van der Waals surface area (Å²) in [6.07, 6.45) is 0. The van der Waals surface area contributed by atoms with Crippen LogP contribution >= 0.6 is 22.9 Å². The molecule has 3 nitrogen and oxygen atoms in total. The van der Waals surface area contributed by atoms with Crippen molar-refractivity contribution in [3.05, 3.63) is 45.9 Å². The summed E-state index contributed by atoms with van der Waals surface area (Å²) in [5.41, 5.74) is 1.19. The summed E-state index contributed by atoms with van der Waals surface area (Å²) in [4.78, 5) is 16.6. The molecule has 0 bridgehead atoms. The van der Waals surface area contributed by atoms with Crippen LogP contribution in [-0.4, -0.2) is 10.9 Å². The Morgan fingerprint density at radius 2 is 1.95 bits per heavy atom. The first kappa shape index (κ1) is 14.0. The highest BCUT2D eigenvalue weighted by atomic mass is 35.5. The molecule has 5 heteroatoms. The summed E-state index contributed by atoms with van der Waals surface area (Å²) in [5.74, 6) is -0.0795. The van der Waals surface area contributed by atoms with Crippen molar-refractivity contribution in [1.82, 2.24) is 4.98 Å². The molecule has 0 fully saturated rings. The Balaban J connectivity index is 2.19. The Bertz CT molecular complexity index is 590. The molecule has 0 aliphatic carbocycles. The fourth-order valence-corrected chi connectivity index (χ4v) is 2.47. The number of benzene rings is 1. The molecular formula is C14H15ClN2OS. The van der Waals surface area contributed by atoms with Crippen LogP contribution in [0.1, 0.15) is 25.1 Å². The van der Waals surface area contributed by atoms with Crippen LogP contribution in [0.3, 0.4) is 0 Å². The topological polar surface area (TPSA) is 42.0 Å². The van der Waals surface area contributed by atoms with Gasteiger partial charge in [0.05, 0.1) is 11.1 Å². The average Bonchev–Trinajstić information content (AvgIpc) is 2.75. The first-order valence-corrected chi connectivity index (χ1v) is 7.15. The van der Waals surface area contributed by atoms with E-state index in [1.165, 1.54) is 11.3 Å². The molecule has 0 saturated heterocycles. The molecule has 2 aromatic rings. The van der Waals surface area contributed by atoms with Gasteiger partial charge in [-0.2, -0.15) is 0 Å². The van der Waals surface area contributed by atoms with Gasteiger partial charge in [0.1, 0.15) is 0 Å². The minimum Gasteiger partial charge on any atom is -0.301 e. The minimum atomic E-state index is -0.635. The Morgan fingerprint density at radius 3 is 2.47 bits per heavy atom. The molecule has 1 aromatic carbocycles. The lowest BCUT2D eigenvalue weighted by Gasteiger charge is -2.23. The lowest BCUT2D eigenvalue weighted by molar-refractivity contribution is -0.120. The van der Waals surface area contributed by atoms with E-state index in [2.05, 4.69) is 10.3 Å². The first-order valence-electron chi connectivity index (χ1n) is 5.89. The standard InChI is InChI=1S/C14H15ClN2OS/c1-9-8-19-13(16-9)17-12(18)14(2,3)10-4-6-11(15)7-5-10/h4-8H,1-3H3,(H,16,17,18). The van der Waals surface area contributed by atoms with Crippen molar-refractivity contribution in [1.29, 1.82) is 0 Å². The number of hydrogen-bond donors (Lipinski definition) is 1. The summed E-state index contributed by atoms with van der Waals surface area (Å²) in [5, 5.41) is 6.05. The van der Waals surface area contributed by atoms with Gasteiger partial charge in [0.25, 0.3) is 0 Å². The molecule has 1 amide bonds. The Kier molecular flexibility index (Phi) is 3.92. The second-order valence-corrected chi connectivity index (χ2v) is 6.17. The maximum atomic E-state index is 12.4. The van der Waals surface area contributed by atoms with Crippen molar-refractivity contribution < 1.29 is 4.79 Å². The molecule has 0 atom stereocenters. The highest BCUT2D eigenvalue weighted by molar-refractivity contribution is 7.13. The Morgan fingerprint density at radius 1 is 1.32 bits per heavy atom. The number of rotatable bonds is 3. The highest BCUT2D eigenvalue weighted by Crippen LogP contribution is 2.27. The van der Waals surface area contributed by atoms with Crippen LogP contribution in [0.25, 0.3) is 0 Å². The van der Waals surface area contributed by atoms with E-state index in [0.717, 1.165) is 11.3 Å². The molecule has 1 heterocycles. The quantitative estimate of drug-likeness (QED) is 0.929. The predicted octanol–water partition coefficient (Wildman–Crippen LogP) is 4.02. The van der Waals surface area contributed by atoms with Gasteiger partial charge in [-0.25, -0.2) is 4.98 Å². The van der Waals surface area contributed by atoms with Crippen LogP contribution in [0.2, 0.25) is 5.02 Å². The van der Waals surface area contributed by atoms with E-state index in [4.69, 9.17) is 11.6 Å². The number of carbonyl (C=O) groups excluding carboxylic acids is 1. The molecule has 19 heavy (non-hydrogen) atoms. The first-order chi connectivity index (χ1) is 8.89. The van der Waals surface area contributed by atoms with Gasteiger partial charge in [-0.1, -0.05) is 23.7 Å². The molecular weight excluding hydrogens is 280 g/mol. The van der Waals surface area contributed by atoms with Crippen LogP contribution in [-0.2, 0) is 10.2 Å². The third-order valence-corrected chi connectivity index (χ3v) is 4.10. The van der Waals surface area contributed by atoms with Crippen molar-refractivity contribution in [3.63, 3.8) is 0 Å². The smallest absolute Gasteiger partial charge is 0.236 e. The second-order valence-electron chi connectivity index (χ2n) is 4.88. The van der Waals surface area contributed by atoms with Crippen molar-refractivity contribution in [2.24, 2.45) is 0 Å². The monoisotopic (exact) mass is 294 g/mol. The summed E-state index contributed by atoms with van der Waals surface area (Å²) in [6, 6.07) is 7.32. The maximum Gasteiger partial charge on any atom is 0.236 e. The predicted molar refractivity (Wildman–Crippen MR) is 80.0 cm³/mol. The number of nitrogens with one attached hydrogen (secondary N) is 1. The van der Waals surface area contributed by atoms with Crippen LogP contribution in [0.5, 0.6) is 0 Å². The van der Waals surface area contributed by atoms with E-state index in [9.17, 15) is 4.79 Å². The molecule has 1 aromatic heterocycles. The maximum absolute atomic E-state index is 12.4. The largest absolute Gasteiger partial charge is 0.301 e. The van der Waals surface area contributed by atoms with Crippen LogP contribution in [0, 0.1) is 6.92 Å². The number of hydrogen-bond acceptors (Lipinski definition) is 3. The Hall–Kier alpha value is -1.39. The van der Waals surface area contributed by atoms with E-state index in [0.29, 0.717) is 10.2 Å². The number of carbonyl (C=O) groups is 1. The van der Waals surface area contributed by atoms with Crippen molar-refractivity contribution in [2.45, 2.75) is 26.2 Å². The zero-order chi connectivity index (χ0) is 14.0. The van der Waals surface area contributed by atoms with Gasteiger partial charge in [0.2, 0.25) is 5.91 Å². The van der Waals surface area contributed by atoms with Crippen LogP contribution in [0.15, 0.2) is 29.6 Å². The fraction of sp³-hybridized carbons (Fsp3) is 0.286. The lowest BCUT2D eigenvalue weighted by atomic mass is 9.84. The highest BCUT2D eigenvalue weighted by Gasteiger charge is 2.30. The van der Waals surface area contributed by atoms with Crippen LogP contribution in [0.4, 0.5) is 5.13 Å². The van der Waals surface area contributed by atoms with Gasteiger partial charge < -0.3 is 5.32 Å². The van der Waals surface area contributed by atoms with Gasteiger partial charge in [0.15, 0.2) is 5.13 Å². The van der Waals surface area contributed by atoms with Crippen molar-refractivity contribution >= 4 is 34.0 Å².